The summed E-state index contributed by atoms with van der Waals surface area (Å²) < 4.78 is 27.1. The van der Waals surface area contributed by atoms with Crippen molar-refractivity contribution >= 4 is 10.0 Å². The number of hydrogen-bond donors (Lipinski definition) is 0. The van der Waals surface area contributed by atoms with Gasteiger partial charge in [-0.25, -0.2) is 8.42 Å². The summed E-state index contributed by atoms with van der Waals surface area (Å²) in [7, 11) is -3.32. The van der Waals surface area contributed by atoms with Crippen LogP contribution in [0.1, 0.15) is 37.3 Å². The molecule has 0 amide bonds. The second kappa shape index (κ2) is 5.63. The summed E-state index contributed by atoms with van der Waals surface area (Å²) in [4.78, 5) is 0.465. The topological polar surface area (TPSA) is 37.4 Å². The number of hydrogen-bond acceptors (Lipinski definition) is 2. The lowest BCUT2D eigenvalue weighted by Gasteiger charge is -2.21. The Morgan fingerprint density at radius 3 is 2.58 bits per heavy atom. The molecule has 0 aliphatic carbocycles. The predicted molar refractivity (Wildman–Crippen MR) is 77.7 cm³/mol. The molecule has 0 spiro atoms. The summed E-state index contributed by atoms with van der Waals surface area (Å²) in [5.41, 5.74) is 1.94. The van der Waals surface area contributed by atoms with Crippen LogP contribution in [0.15, 0.2) is 23.1 Å². The van der Waals surface area contributed by atoms with E-state index in [2.05, 4.69) is 6.92 Å². The standard InChI is InChI=1S/C15H23NO2S/c1-12-5-4-9-16(10-8-12)19(17,18)15-7-6-13(2)11-14(15)3/h6-7,11-12H,4-5,8-10H2,1-3H3. The van der Waals surface area contributed by atoms with Crippen LogP contribution in [-0.4, -0.2) is 25.8 Å². The average Bonchev–Trinajstić information content (AvgIpc) is 2.53. The van der Waals surface area contributed by atoms with Gasteiger partial charge in [-0.3, -0.25) is 0 Å². The Morgan fingerprint density at radius 1 is 1.16 bits per heavy atom. The summed E-state index contributed by atoms with van der Waals surface area (Å²) in [5.74, 6) is 0.624. The maximum Gasteiger partial charge on any atom is 0.243 e. The van der Waals surface area contributed by atoms with Gasteiger partial charge in [-0.05, 0) is 50.7 Å². The third kappa shape index (κ3) is 3.18. The highest BCUT2D eigenvalue weighted by Crippen LogP contribution is 2.25. The zero-order valence-electron chi connectivity index (χ0n) is 12.0. The van der Waals surface area contributed by atoms with Crippen molar-refractivity contribution in [2.75, 3.05) is 13.1 Å². The number of benzene rings is 1. The van der Waals surface area contributed by atoms with Crippen LogP contribution in [0.4, 0.5) is 0 Å². The smallest absolute Gasteiger partial charge is 0.207 e. The van der Waals surface area contributed by atoms with Crippen LogP contribution in [0.2, 0.25) is 0 Å². The molecule has 1 saturated heterocycles. The van der Waals surface area contributed by atoms with E-state index in [0.29, 0.717) is 23.9 Å². The van der Waals surface area contributed by atoms with Gasteiger partial charge < -0.3 is 0 Å². The van der Waals surface area contributed by atoms with E-state index in [-0.39, 0.29) is 0 Å². The molecule has 1 unspecified atom stereocenters. The Labute approximate surface area is 116 Å². The highest BCUT2D eigenvalue weighted by Gasteiger charge is 2.27. The fraction of sp³-hybridized carbons (Fsp3) is 0.600. The molecule has 0 radical (unpaired) electrons. The normalized spacial score (nSPS) is 22.2. The molecular formula is C15H23NO2S. The Hall–Kier alpha value is -0.870. The molecule has 1 fully saturated rings. The molecule has 0 saturated carbocycles. The van der Waals surface area contributed by atoms with Gasteiger partial charge in [0.1, 0.15) is 0 Å². The van der Waals surface area contributed by atoms with Crippen LogP contribution in [-0.2, 0) is 10.0 Å². The second-order valence-corrected chi connectivity index (χ2v) is 7.62. The van der Waals surface area contributed by atoms with Crippen LogP contribution in [0.5, 0.6) is 0 Å². The molecule has 0 N–H and O–H groups in total. The fourth-order valence-corrected chi connectivity index (χ4v) is 4.40. The summed E-state index contributed by atoms with van der Waals surface area (Å²) in [6.07, 6.45) is 3.05. The zero-order chi connectivity index (χ0) is 14.0. The third-order valence-corrected chi connectivity index (χ3v) is 5.98. The molecule has 2 rings (SSSR count). The number of rotatable bonds is 2. The molecule has 1 heterocycles. The molecule has 1 aromatic rings. The highest BCUT2D eigenvalue weighted by atomic mass is 32.2. The van der Waals surface area contributed by atoms with E-state index >= 15 is 0 Å². The van der Waals surface area contributed by atoms with Crippen LogP contribution in [0.3, 0.4) is 0 Å². The molecule has 1 aliphatic heterocycles. The van der Waals surface area contributed by atoms with E-state index in [4.69, 9.17) is 0 Å². The van der Waals surface area contributed by atoms with Gasteiger partial charge in [-0.1, -0.05) is 24.6 Å². The lowest BCUT2D eigenvalue weighted by atomic mass is 10.0. The number of aryl methyl sites for hydroxylation is 2. The monoisotopic (exact) mass is 281 g/mol. The first-order valence-corrected chi connectivity index (χ1v) is 8.42. The molecule has 1 aliphatic rings. The highest BCUT2D eigenvalue weighted by molar-refractivity contribution is 7.89. The fourth-order valence-electron chi connectivity index (χ4n) is 2.70. The molecule has 0 aromatic heterocycles. The number of nitrogens with zero attached hydrogens (tertiary/aromatic N) is 1. The van der Waals surface area contributed by atoms with Crippen molar-refractivity contribution in [2.24, 2.45) is 5.92 Å². The van der Waals surface area contributed by atoms with E-state index in [1.807, 2.05) is 26.0 Å². The van der Waals surface area contributed by atoms with Crippen molar-refractivity contribution < 1.29 is 8.42 Å². The summed E-state index contributed by atoms with van der Waals surface area (Å²) in [6, 6.07) is 5.56. The summed E-state index contributed by atoms with van der Waals surface area (Å²) in [5, 5.41) is 0. The van der Waals surface area contributed by atoms with Gasteiger partial charge in [0.2, 0.25) is 10.0 Å². The van der Waals surface area contributed by atoms with Gasteiger partial charge in [0.05, 0.1) is 4.90 Å². The Morgan fingerprint density at radius 2 is 1.89 bits per heavy atom. The molecular weight excluding hydrogens is 258 g/mol. The van der Waals surface area contributed by atoms with Crippen molar-refractivity contribution in [1.29, 1.82) is 0 Å². The Balaban J connectivity index is 2.31. The molecule has 1 atom stereocenters. The molecule has 4 heteroatoms. The van der Waals surface area contributed by atoms with Gasteiger partial charge in [-0.2, -0.15) is 4.31 Å². The van der Waals surface area contributed by atoms with E-state index in [0.717, 1.165) is 30.4 Å². The van der Waals surface area contributed by atoms with Gasteiger partial charge in [0.25, 0.3) is 0 Å². The van der Waals surface area contributed by atoms with Crippen molar-refractivity contribution in [3.8, 4) is 0 Å². The minimum Gasteiger partial charge on any atom is -0.207 e. The molecule has 106 valence electrons. The minimum atomic E-state index is -3.32. The van der Waals surface area contributed by atoms with Crippen LogP contribution in [0.25, 0.3) is 0 Å². The molecule has 1 aromatic carbocycles. The first kappa shape index (κ1) is 14.5. The van der Waals surface area contributed by atoms with E-state index in [9.17, 15) is 8.42 Å². The minimum absolute atomic E-state index is 0.465. The van der Waals surface area contributed by atoms with E-state index < -0.39 is 10.0 Å². The predicted octanol–water partition coefficient (Wildman–Crippen LogP) is 3.11. The van der Waals surface area contributed by atoms with Crippen LogP contribution >= 0.6 is 0 Å². The lowest BCUT2D eigenvalue weighted by Crippen LogP contribution is -2.32. The first-order chi connectivity index (χ1) is 8.91. The second-order valence-electron chi connectivity index (χ2n) is 5.71. The molecule has 3 nitrogen and oxygen atoms in total. The van der Waals surface area contributed by atoms with Gasteiger partial charge >= 0.3 is 0 Å². The number of sulfonamides is 1. The summed E-state index contributed by atoms with van der Waals surface area (Å²) in [6.45, 7) is 7.36. The van der Waals surface area contributed by atoms with Gasteiger partial charge in [-0.15, -0.1) is 0 Å². The largest absolute Gasteiger partial charge is 0.243 e. The molecule has 0 bridgehead atoms. The quantitative estimate of drug-likeness (QED) is 0.835. The van der Waals surface area contributed by atoms with Gasteiger partial charge in [0.15, 0.2) is 0 Å². The van der Waals surface area contributed by atoms with E-state index in [1.54, 1.807) is 10.4 Å². The third-order valence-electron chi connectivity index (χ3n) is 3.92. The van der Waals surface area contributed by atoms with Crippen molar-refractivity contribution in [1.82, 2.24) is 4.31 Å². The van der Waals surface area contributed by atoms with Crippen molar-refractivity contribution in [3.63, 3.8) is 0 Å². The van der Waals surface area contributed by atoms with Gasteiger partial charge in [0, 0.05) is 13.1 Å². The maximum atomic E-state index is 12.7. The van der Waals surface area contributed by atoms with Crippen molar-refractivity contribution in [2.45, 2.75) is 44.9 Å². The Kier molecular flexibility index (Phi) is 4.31. The van der Waals surface area contributed by atoms with Crippen LogP contribution in [0, 0.1) is 19.8 Å². The van der Waals surface area contributed by atoms with Crippen LogP contribution < -0.4 is 0 Å². The lowest BCUT2D eigenvalue weighted by molar-refractivity contribution is 0.416. The summed E-state index contributed by atoms with van der Waals surface area (Å²) >= 11 is 0. The first-order valence-electron chi connectivity index (χ1n) is 6.98. The van der Waals surface area contributed by atoms with Crippen molar-refractivity contribution in [3.05, 3.63) is 29.3 Å². The zero-order valence-corrected chi connectivity index (χ0v) is 12.8. The SMILES string of the molecule is Cc1ccc(S(=O)(=O)N2CCCC(C)CC2)c(C)c1. The average molecular weight is 281 g/mol. The maximum absolute atomic E-state index is 12.7. The molecule has 19 heavy (non-hydrogen) atoms. The van der Waals surface area contributed by atoms with E-state index in [1.165, 1.54) is 0 Å². The Bertz CT molecular complexity index is 551.